The van der Waals surface area contributed by atoms with E-state index in [0.717, 1.165) is 22.3 Å². The summed E-state index contributed by atoms with van der Waals surface area (Å²) in [6.07, 6.45) is 1.69. The highest BCUT2D eigenvalue weighted by Gasteiger charge is 2.19. The van der Waals surface area contributed by atoms with Crippen molar-refractivity contribution in [1.29, 1.82) is 0 Å². The molecule has 9 nitrogen and oxygen atoms in total. The average Bonchev–Trinajstić information content (AvgIpc) is 3.31. The van der Waals surface area contributed by atoms with Gasteiger partial charge in [-0.15, -0.1) is 0 Å². The molecule has 0 aliphatic rings. The van der Waals surface area contributed by atoms with E-state index in [9.17, 15) is 4.79 Å². The van der Waals surface area contributed by atoms with Gasteiger partial charge >= 0.3 is 0 Å². The van der Waals surface area contributed by atoms with Crippen molar-refractivity contribution in [2.24, 2.45) is 0 Å². The number of carboxylic acid groups (broad SMARTS) is 1. The lowest BCUT2D eigenvalue weighted by molar-refractivity contribution is -0.122. The van der Waals surface area contributed by atoms with E-state index in [1.165, 1.54) is 0 Å². The molecule has 3 aromatic heterocycles. The second kappa shape index (κ2) is 8.58. The first-order valence-electron chi connectivity index (χ1n) is 8.40. The Bertz CT molecular complexity index is 1090. The molecule has 4 rings (SSSR count). The van der Waals surface area contributed by atoms with Crippen LogP contribution in [-0.4, -0.2) is 42.9 Å². The van der Waals surface area contributed by atoms with Gasteiger partial charge in [0.05, 0.1) is 17.8 Å². The number of hydrogen-bond donors (Lipinski definition) is 4. The van der Waals surface area contributed by atoms with Crippen LogP contribution in [0.1, 0.15) is 21.7 Å². The van der Waals surface area contributed by atoms with Gasteiger partial charge in [-0.3, -0.25) is 19.8 Å². The van der Waals surface area contributed by atoms with Crippen LogP contribution in [0.4, 0.5) is 0 Å². The van der Waals surface area contributed by atoms with Gasteiger partial charge < -0.3 is 10.4 Å². The van der Waals surface area contributed by atoms with Crippen LogP contribution in [0, 0.1) is 6.92 Å². The predicted molar refractivity (Wildman–Crippen MR) is 103 cm³/mol. The third kappa shape index (κ3) is 3.88. The number of fused-ring (bicyclic) bond motifs is 1. The molecule has 4 N–H and O–H groups in total. The van der Waals surface area contributed by atoms with Gasteiger partial charge in [0.25, 0.3) is 12.4 Å². The van der Waals surface area contributed by atoms with Crippen molar-refractivity contribution in [3.05, 3.63) is 65.6 Å². The maximum atomic E-state index is 12.7. The molecule has 0 fully saturated rings. The average molecular weight is 378 g/mol. The van der Waals surface area contributed by atoms with Crippen LogP contribution < -0.4 is 5.32 Å². The maximum Gasteiger partial charge on any atom is 0.290 e. The van der Waals surface area contributed by atoms with Crippen molar-refractivity contribution in [3.63, 3.8) is 0 Å². The fraction of sp³-hybridized carbons (Fsp3) is 0.105. The van der Waals surface area contributed by atoms with Crippen LogP contribution >= 0.6 is 0 Å². The molecule has 0 saturated heterocycles. The fourth-order valence-electron chi connectivity index (χ4n) is 2.81. The summed E-state index contributed by atoms with van der Waals surface area (Å²) in [6.45, 7) is 1.92. The first-order valence-corrected chi connectivity index (χ1v) is 8.40. The summed E-state index contributed by atoms with van der Waals surface area (Å²) in [5.41, 5.74) is 4.27. The summed E-state index contributed by atoms with van der Waals surface area (Å²) < 4.78 is 0. The quantitative estimate of drug-likeness (QED) is 0.402. The van der Waals surface area contributed by atoms with Crippen molar-refractivity contribution in [2.45, 2.75) is 13.5 Å². The number of amides is 1. The lowest BCUT2D eigenvalue weighted by Crippen LogP contribution is -2.24. The summed E-state index contributed by atoms with van der Waals surface area (Å²) in [4.78, 5) is 25.3. The second-order valence-corrected chi connectivity index (χ2v) is 5.80. The highest BCUT2D eigenvalue weighted by Crippen LogP contribution is 2.23. The van der Waals surface area contributed by atoms with Crippen LogP contribution in [0.3, 0.4) is 0 Å². The van der Waals surface area contributed by atoms with Gasteiger partial charge in [0, 0.05) is 22.8 Å². The number of aromatic amines is 2. The minimum atomic E-state index is -0.250. The standard InChI is InChI=1S/C18H16N6O.CH2O2/c1-11-15(16(23-21-11)12-6-3-2-4-7-12)18(25)20-10-14-13-8-5-9-19-17(13)24-22-14;2-1-3/h2-9H,10H2,1H3,(H,20,25)(H,21,23)(H,19,22,24);1H,(H,2,3). The van der Waals surface area contributed by atoms with Crippen molar-refractivity contribution in [3.8, 4) is 11.3 Å². The number of carbonyl (C=O) groups is 2. The molecule has 0 atom stereocenters. The Hall–Kier alpha value is -4.01. The number of aryl methyl sites for hydroxylation is 1. The third-order valence-electron chi connectivity index (χ3n) is 4.06. The van der Waals surface area contributed by atoms with Gasteiger partial charge in [-0.1, -0.05) is 30.3 Å². The third-order valence-corrected chi connectivity index (χ3v) is 4.06. The maximum absolute atomic E-state index is 12.7. The summed E-state index contributed by atoms with van der Waals surface area (Å²) in [5.74, 6) is -0.184. The zero-order valence-corrected chi connectivity index (χ0v) is 15.0. The van der Waals surface area contributed by atoms with Gasteiger partial charge in [0.1, 0.15) is 5.69 Å². The highest BCUT2D eigenvalue weighted by atomic mass is 16.3. The van der Waals surface area contributed by atoms with Crippen LogP contribution in [0.25, 0.3) is 22.3 Å². The van der Waals surface area contributed by atoms with E-state index in [0.29, 0.717) is 23.4 Å². The van der Waals surface area contributed by atoms with Gasteiger partial charge in [-0.05, 0) is 19.1 Å². The molecular formula is C19H18N6O3. The number of rotatable bonds is 4. The molecule has 3 heterocycles. The van der Waals surface area contributed by atoms with E-state index < -0.39 is 0 Å². The molecule has 0 saturated carbocycles. The van der Waals surface area contributed by atoms with Crippen molar-refractivity contribution in [2.75, 3.05) is 0 Å². The zero-order valence-electron chi connectivity index (χ0n) is 15.0. The molecule has 1 aromatic carbocycles. The van der Waals surface area contributed by atoms with Crippen LogP contribution in [0.2, 0.25) is 0 Å². The number of nitrogens with zero attached hydrogens (tertiary/aromatic N) is 3. The van der Waals surface area contributed by atoms with Crippen LogP contribution in [0.15, 0.2) is 48.7 Å². The predicted octanol–water partition coefficient (Wildman–Crippen LogP) is 2.29. The van der Waals surface area contributed by atoms with Gasteiger partial charge in [-0.25, -0.2) is 4.98 Å². The Balaban J connectivity index is 0.000000706. The normalized spacial score (nSPS) is 10.2. The smallest absolute Gasteiger partial charge is 0.290 e. The molecule has 0 unspecified atom stereocenters. The summed E-state index contributed by atoms with van der Waals surface area (Å²) in [7, 11) is 0. The molecule has 142 valence electrons. The highest BCUT2D eigenvalue weighted by molar-refractivity contribution is 6.01. The van der Waals surface area contributed by atoms with Gasteiger partial charge in [0.15, 0.2) is 5.65 Å². The number of nitrogens with one attached hydrogen (secondary N) is 3. The molecule has 0 bridgehead atoms. The van der Waals surface area contributed by atoms with Crippen molar-refractivity contribution < 1.29 is 14.7 Å². The van der Waals surface area contributed by atoms with Gasteiger partial charge in [-0.2, -0.15) is 10.2 Å². The summed E-state index contributed by atoms with van der Waals surface area (Å²) >= 11 is 0. The zero-order chi connectivity index (χ0) is 19.9. The molecule has 1 amide bonds. The number of benzene rings is 1. The van der Waals surface area contributed by atoms with E-state index in [-0.39, 0.29) is 12.4 Å². The largest absolute Gasteiger partial charge is 0.483 e. The van der Waals surface area contributed by atoms with Crippen molar-refractivity contribution in [1.82, 2.24) is 30.7 Å². The van der Waals surface area contributed by atoms with E-state index in [4.69, 9.17) is 9.90 Å². The fourth-order valence-corrected chi connectivity index (χ4v) is 2.81. The number of hydrogen-bond acceptors (Lipinski definition) is 5. The minimum Gasteiger partial charge on any atom is -0.483 e. The van der Waals surface area contributed by atoms with E-state index >= 15 is 0 Å². The Labute approximate surface area is 159 Å². The SMILES string of the molecule is Cc1[nH]nc(-c2ccccc2)c1C(=O)NCc1[nH]nc2ncccc12.O=CO. The Morgan fingerprint density at radius 1 is 1.14 bits per heavy atom. The topological polar surface area (TPSA) is 137 Å². The number of aromatic nitrogens is 5. The van der Waals surface area contributed by atoms with Crippen LogP contribution in [0.5, 0.6) is 0 Å². The lowest BCUT2D eigenvalue weighted by Gasteiger charge is -2.06. The Morgan fingerprint density at radius 2 is 1.89 bits per heavy atom. The summed E-state index contributed by atoms with van der Waals surface area (Å²) in [6, 6.07) is 13.4. The van der Waals surface area contributed by atoms with E-state index in [1.807, 2.05) is 49.4 Å². The minimum absolute atomic E-state index is 0.184. The molecule has 0 aliphatic carbocycles. The van der Waals surface area contributed by atoms with Crippen molar-refractivity contribution >= 4 is 23.4 Å². The number of carbonyl (C=O) groups excluding carboxylic acids is 1. The van der Waals surface area contributed by atoms with Crippen LogP contribution in [-0.2, 0) is 11.3 Å². The Morgan fingerprint density at radius 3 is 2.64 bits per heavy atom. The molecule has 0 aliphatic heterocycles. The molecule has 9 heteroatoms. The number of pyridine rings is 1. The summed E-state index contributed by atoms with van der Waals surface area (Å²) in [5, 5.41) is 25.0. The first kappa shape index (κ1) is 18.8. The first-order chi connectivity index (χ1) is 13.7. The monoisotopic (exact) mass is 378 g/mol. The van der Waals surface area contributed by atoms with E-state index in [1.54, 1.807) is 6.20 Å². The van der Waals surface area contributed by atoms with Gasteiger partial charge in [0.2, 0.25) is 0 Å². The lowest BCUT2D eigenvalue weighted by atomic mass is 10.1. The second-order valence-electron chi connectivity index (χ2n) is 5.80. The Kier molecular flexibility index (Phi) is 5.75. The molecule has 28 heavy (non-hydrogen) atoms. The number of H-pyrrole nitrogens is 2. The molecule has 0 spiro atoms. The van der Waals surface area contributed by atoms with E-state index in [2.05, 4.69) is 30.7 Å². The molecular weight excluding hydrogens is 360 g/mol. The molecule has 0 radical (unpaired) electrons. The molecule has 4 aromatic rings.